The standard InChI is InChI=1S/C38H76NO8P/c1-6-8-10-12-14-16-18-20-22-24-26-28-34(3)37(40)44-32-36(33-46-48(42,43)45-31-30-39-5)47-38(41)35(4)29-27-25-23-21-19-17-15-13-11-9-7-2/h34-36,39H,6-33H2,1-5H3,(H,42,43). The Morgan fingerprint density at radius 3 is 1.42 bits per heavy atom. The second-order valence-electron chi connectivity index (χ2n) is 13.8. The third kappa shape index (κ3) is 29.9. The number of hydrogen-bond acceptors (Lipinski definition) is 8. The maximum absolute atomic E-state index is 12.9. The highest BCUT2D eigenvalue weighted by molar-refractivity contribution is 7.47. The zero-order valence-electron chi connectivity index (χ0n) is 31.8. The molecule has 0 aliphatic heterocycles. The molecule has 0 rings (SSSR count). The molecule has 4 unspecified atom stereocenters. The van der Waals surface area contributed by atoms with Gasteiger partial charge in [0.05, 0.1) is 25.0 Å². The lowest BCUT2D eigenvalue weighted by Gasteiger charge is -2.22. The lowest BCUT2D eigenvalue weighted by molar-refractivity contribution is -0.166. The Hall–Kier alpha value is -0.990. The van der Waals surface area contributed by atoms with E-state index in [-0.39, 0.29) is 31.0 Å². The van der Waals surface area contributed by atoms with Crippen molar-refractivity contribution in [2.24, 2.45) is 11.8 Å². The number of unbranched alkanes of at least 4 members (excludes halogenated alkanes) is 20. The maximum Gasteiger partial charge on any atom is 0.472 e. The fourth-order valence-corrected chi connectivity index (χ4v) is 6.41. The number of likely N-dealkylation sites (N-methyl/N-ethyl adjacent to an activating group) is 1. The third-order valence-corrected chi connectivity index (χ3v) is 9.99. The predicted octanol–water partition coefficient (Wildman–Crippen LogP) is 10.5. The Morgan fingerprint density at radius 1 is 0.604 bits per heavy atom. The van der Waals surface area contributed by atoms with Crippen LogP contribution in [-0.4, -0.2) is 56.3 Å². The molecule has 0 saturated carbocycles. The highest BCUT2D eigenvalue weighted by atomic mass is 31.2. The summed E-state index contributed by atoms with van der Waals surface area (Å²) in [7, 11) is -2.66. The molecular weight excluding hydrogens is 629 g/mol. The van der Waals surface area contributed by atoms with Crippen LogP contribution in [0.2, 0.25) is 0 Å². The van der Waals surface area contributed by atoms with Crippen molar-refractivity contribution in [3.05, 3.63) is 0 Å². The first kappa shape index (κ1) is 47.0. The number of carbonyl (C=O) groups is 2. The van der Waals surface area contributed by atoms with Crippen LogP contribution in [-0.2, 0) is 32.7 Å². The summed E-state index contributed by atoms with van der Waals surface area (Å²) in [6, 6.07) is 0. The minimum Gasteiger partial charge on any atom is -0.461 e. The van der Waals surface area contributed by atoms with Gasteiger partial charge in [-0.3, -0.25) is 18.6 Å². The van der Waals surface area contributed by atoms with Gasteiger partial charge < -0.3 is 19.7 Å². The van der Waals surface area contributed by atoms with Crippen molar-refractivity contribution in [1.82, 2.24) is 5.32 Å². The van der Waals surface area contributed by atoms with Crippen LogP contribution in [0, 0.1) is 11.8 Å². The smallest absolute Gasteiger partial charge is 0.461 e. The number of phosphoric ester groups is 1. The molecule has 0 amide bonds. The molecule has 0 aromatic heterocycles. The van der Waals surface area contributed by atoms with Crippen molar-refractivity contribution in [3.63, 3.8) is 0 Å². The molecule has 9 nitrogen and oxygen atoms in total. The van der Waals surface area contributed by atoms with Crippen molar-refractivity contribution >= 4 is 19.8 Å². The number of phosphoric acid groups is 1. The number of esters is 2. The molecule has 0 radical (unpaired) electrons. The summed E-state index contributed by atoms with van der Waals surface area (Å²) in [5.74, 6) is -1.41. The van der Waals surface area contributed by atoms with E-state index in [0.29, 0.717) is 13.0 Å². The van der Waals surface area contributed by atoms with Gasteiger partial charge in [0.1, 0.15) is 6.61 Å². The van der Waals surface area contributed by atoms with Crippen LogP contribution in [0.15, 0.2) is 0 Å². The molecule has 2 N–H and O–H groups in total. The van der Waals surface area contributed by atoms with Gasteiger partial charge >= 0.3 is 19.8 Å². The van der Waals surface area contributed by atoms with Gasteiger partial charge in [0.25, 0.3) is 0 Å². The van der Waals surface area contributed by atoms with Gasteiger partial charge in [0.15, 0.2) is 6.10 Å². The lowest BCUT2D eigenvalue weighted by atomic mass is 10.0. The number of rotatable bonds is 36. The molecule has 0 fully saturated rings. The summed E-state index contributed by atoms with van der Waals surface area (Å²) in [5, 5.41) is 2.83. The second kappa shape index (κ2) is 33.2. The second-order valence-corrected chi connectivity index (χ2v) is 15.3. The van der Waals surface area contributed by atoms with Crippen molar-refractivity contribution < 1.29 is 37.6 Å². The van der Waals surface area contributed by atoms with Crippen LogP contribution >= 0.6 is 7.82 Å². The van der Waals surface area contributed by atoms with E-state index in [4.69, 9.17) is 18.5 Å². The average molecular weight is 706 g/mol. The summed E-state index contributed by atoms with van der Waals surface area (Å²) in [4.78, 5) is 35.7. The van der Waals surface area contributed by atoms with Gasteiger partial charge in [-0.25, -0.2) is 4.57 Å². The third-order valence-electron chi connectivity index (χ3n) is 9.01. The van der Waals surface area contributed by atoms with Gasteiger partial charge in [-0.05, 0) is 19.9 Å². The minimum absolute atomic E-state index is 0.0176. The molecule has 0 aromatic rings. The van der Waals surface area contributed by atoms with Gasteiger partial charge in [0, 0.05) is 6.54 Å². The lowest BCUT2D eigenvalue weighted by Crippen LogP contribution is -2.32. The van der Waals surface area contributed by atoms with Crippen molar-refractivity contribution in [2.45, 2.75) is 188 Å². The largest absolute Gasteiger partial charge is 0.472 e. The molecule has 0 aliphatic carbocycles. The number of hydrogen-bond donors (Lipinski definition) is 2. The molecular formula is C38H76NO8P. The first-order chi connectivity index (χ1) is 23.2. The summed E-state index contributed by atoms with van der Waals surface area (Å²) in [6.07, 6.45) is 27.8. The van der Waals surface area contributed by atoms with Crippen molar-refractivity contribution in [1.29, 1.82) is 0 Å². The van der Waals surface area contributed by atoms with Crippen LogP contribution < -0.4 is 5.32 Å². The minimum atomic E-state index is -4.36. The van der Waals surface area contributed by atoms with Crippen LogP contribution in [0.4, 0.5) is 0 Å². The monoisotopic (exact) mass is 706 g/mol. The predicted molar refractivity (Wildman–Crippen MR) is 197 cm³/mol. The van der Waals surface area contributed by atoms with Crippen molar-refractivity contribution in [3.8, 4) is 0 Å². The quantitative estimate of drug-likeness (QED) is 0.0373. The van der Waals surface area contributed by atoms with E-state index >= 15 is 0 Å². The Kier molecular flexibility index (Phi) is 32.5. The van der Waals surface area contributed by atoms with E-state index < -0.39 is 26.5 Å². The molecule has 0 bridgehead atoms. The fraction of sp³-hybridized carbons (Fsp3) is 0.947. The van der Waals surface area contributed by atoms with E-state index in [1.165, 1.54) is 116 Å². The topological polar surface area (TPSA) is 120 Å². The molecule has 286 valence electrons. The molecule has 0 aromatic carbocycles. The number of carbonyl (C=O) groups excluding carboxylic acids is 2. The highest BCUT2D eigenvalue weighted by Crippen LogP contribution is 2.43. The molecule has 4 atom stereocenters. The van der Waals surface area contributed by atoms with E-state index in [1.54, 1.807) is 7.05 Å². The first-order valence-corrected chi connectivity index (χ1v) is 21.3. The number of ether oxygens (including phenoxy) is 2. The molecule has 48 heavy (non-hydrogen) atoms. The van der Waals surface area contributed by atoms with Gasteiger partial charge in [0.2, 0.25) is 0 Å². The van der Waals surface area contributed by atoms with E-state index in [2.05, 4.69) is 19.2 Å². The van der Waals surface area contributed by atoms with E-state index in [1.807, 2.05) is 13.8 Å². The fourth-order valence-electron chi connectivity index (χ4n) is 5.66. The summed E-state index contributed by atoms with van der Waals surface area (Å²) >= 11 is 0. The molecule has 0 aliphatic rings. The highest BCUT2D eigenvalue weighted by Gasteiger charge is 2.28. The molecule has 0 spiro atoms. The summed E-state index contributed by atoms with van der Waals surface area (Å²) in [5.41, 5.74) is 0. The number of nitrogens with one attached hydrogen (secondary N) is 1. The van der Waals surface area contributed by atoms with Crippen LogP contribution in [0.25, 0.3) is 0 Å². The first-order valence-electron chi connectivity index (χ1n) is 19.8. The zero-order valence-corrected chi connectivity index (χ0v) is 32.7. The molecule has 0 saturated heterocycles. The summed E-state index contributed by atoms with van der Waals surface area (Å²) < 4.78 is 33.5. The Morgan fingerprint density at radius 2 is 1.00 bits per heavy atom. The van der Waals surface area contributed by atoms with Crippen molar-refractivity contribution in [2.75, 3.05) is 33.4 Å². The SMILES string of the molecule is CCCCCCCCCCCCCC(C)C(=O)OCC(COP(=O)(O)OCCNC)OC(=O)C(C)CCCCCCCCCCCCC. The normalized spacial score (nSPS) is 14.7. The zero-order chi connectivity index (χ0) is 35.7. The summed E-state index contributed by atoms with van der Waals surface area (Å²) in [6.45, 7) is 7.87. The molecule has 0 heterocycles. The maximum atomic E-state index is 12.9. The van der Waals surface area contributed by atoms with E-state index in [0.717, 1.165) is 32.1 Å². The molecule has 10 heteroatoms. The Bertz CT molecular complexity index is 799. The van der Waals surface area contributed by atoms with Gasteiger partial charge in [-0.15, -0.1) is 0 Å². The Balaban J connectivity index is 4.54. The van der Waals surface area contributed by atoms with Gasteiger partial charge in [-0.2, -0.15) is 0 Å². The van der Waals surface area contributed by atoms with Crippen LogP contribution in [0.3, 0.4) is 0 Å². The Labute approximate surface area is 295 Å². The van der Waals surface area contributed by atoms with Gasteiger partial charge in [-0.1, -0.05) is 169 Å². The average Bonchev–Trinajstić information content (AvgIpc) is 3.06. The van der Waals surface area contributed by atoms with Crippen LogP contribution in [0.1, 0.15) is 182 Å². The van der Waals surface area contributed by atoms with Crippen LogP contribution in [0.5, 0.6) is 0 Å². The van der Waals surface area contributed by atoms with E-state index in [9.17, 15) is 19.0 Å².